The minimum atomic E-state index is -0.243. The number of halogens is 1. The zero-order valence-electron chi connectivity index (χ0n) is 17.3. The van der Waals surface area contributed by atoms with E-state index >= 15 is 0 Å². The fourth-order valence-corrected chi connectivity index (χ4v) is 3.33. The summed E-state index contributed by atoms with van der Waals surface area (Å²) in [6.07, 6.45) is 2.50. The summed E-state index contributed by atoms with van der Waals surface area (Å²) in [6, 6.07) is 22.1. The molecule has 1 heterocycles. The zero-order chi connectivity index (χ0) is 21.8. The van der Waals surface area contributed by atoms with Crippen LogP contribution in [0, 0.1) is 0 Å². The lowest BCUT2D eigenvalue weighted by Gasteiger charge is -2.15. The molecule has 0 amide bonds. The van der Waals surface area contributed by atoms with Gasteiger partial charge in [-0.15, -0.1) is 0 Å². The van der Waals surface area contributed by atoms with Gasteiger partial charge in [0.25, 0.3) is 5.56 Å². The molecule has 1 atom stereocenters. The highest BCUT2D eigenvalue weighted by Crippen LogP contribution is 2.24. The average Bonchev–Trinajstić information content (AvgIpc) is 2.80. The molecular formula is C25H22ClN3O2. The third-order valence-corrected chi connectivity index (χ3v) is 5.21. The first-order valence-corrected chi connectivity index (χ1v) is 10.5. The second-order valence-electron chi connectivity index (χ2n) is 7.20. The van der Waals surface area contributed by atoms with Crippen LogP contribution < -0.4 is 10.3 Å². The molecule has 0 bridgehead atoms. The number of hydrogen-bond acceptors (Lipinski definition) is 4. The monoisotopic (exact) mass is 431 g/mol. The van der Waals surface area contributed by atoms with E-state index in [1.165, 1.54) is 4.68 Å². The molecule has 0 N–H and O–H groups in total. The van der Waals surface area contributed by atoms with Gasteiger partial charge in [-0.25, -0.2) is 4.98 Å². The zero-order valence-corrected chi connectivity index (χ0v) is 18.1. The van der Waals surface area contributed by atoms with Crippen LogP contribution in [0.25, 0.3) is 22.3 Å². The third-order valence-electron chi connectivity index (χ3n) is 4.97. The van der Waals surface area contributed by atoms with Gasteiger partial charge in [-0.2, -0.15) is 9.78 Å². The number of aromatic nitrogens is 2. The van der Waals surface area contributed by atoms with Gasteiger partial charge in [-0.3, -0.25) is 4.79 Å². The van der Waals surface area contributed by atoms with Gasteiger partial charge in [-0.1, -0.05) is 61.0 Å². The van der Waals surface area contributed by atoms with Gasteiger partial charge >= 0.3 is 0 Å². The Morgan fingerprint density at radius 2 is 1.84 bits per heavy atom. The maximum Gasteiger partial charge on any atom is 0.282 e. The molecule has 4 aromatic rings. The lowest BCUT2D eigenvalue weighted by atomic mass is 10.2. The van der Waals surface area contributed by atoms with Crippen LogP contribution in [0.1, 0.15) is 25.8 Å². The molecule has 3 aromatic carbocycles. The van der Waals surface area contributed by atoms with E-state index in [2.05, 4.69) is 12.0 Å². The quantitative estimate of drug-likeness (QED) is 0.364. The SMILES string of the molecule is CC[C@H](C)Oc1ccc(Cl)cc1C=Nn1c(-c2ccccc2)nc2ccccc2c1=O. The highest BCUT2D eigenvalue weighted by molar-refractivity contribution is 6.30. The lowest BCUT2D eigenvalue weighted by Crippen LogP contribution is -2.20. The molecule has 5 nitrogen and oxygen atoms in total. The standard InChI is InChI=1S/C25H22ClN3O2/c1-3-17(2)31-23-14-13-20(26)15-19(23)16-27-29-24(18-9-5-4-6-10-18)28-22-12-8-7-11-21(22)25(29)30/h4-17H,3H2,1-2H3/t17-/m0/s1. The molecular weight excluding hydrogens is 410 g/mol. The van der Waals surface area contributed by atoms with Gasteiger partial charge in [-0.05, 0) is 43.7 Å². The van der Waals surface area contributed by atoms with Gasteiger partial charge in [0.2, 0.25) is 0 Å². The molecule has 0 spiro atoms. The van der Waals surface area contributed by atoms with Crippen LogP contribution in [0.5, 0.6) is 5.75 Å². The summed E-state index contributed by atoms with van der Waals surface area (Å²) >= 11 is 6.21. The summed E-state index contributed by atoms with van der Waals surface area (Å²) in [5, 5.41) is 5.58. The van der Waals surface area contributed by atoms with Gasteiger partial charge in [0, 0.05) is 16.1 Å². The summed E-state index contributed by atoms with van der Waals surface area (Å²) in [5.74, 6) is 1.12. The van der Waals surface area contributed by atoms with Crippen molar-refractivity contribution in [2.75, 3.05) is 0 Å². The molecule has 0 aliphatic carbocycles. The first-order valence-electron chi connectivity index (χ1n) is 10.1. The summed E-state index contributed by atoms with van der Waals surface area (Å²) in [6.45, 7) is 4.06. The first-order chi connectivity index (χ1) is 15.1. The molecule has 6 heteroatoms. The predicted molar refractivity (Wildman–Crippen MR) is 126 cm³/mol. The van der Waals surface area contributed by atoms with Crippen LogP contribution in [0.15, 0.2) is 82.7 Å². The minimum absolute atomic E-state index is 0.0401. The van der Waals surface area contributed by atoms with Crippen LogP contribution in [0.3, 0.4) is 0 Å². The van der Waals surface area contributed by atoms with Crippen molar-refractivity contribution >= 4 is 28.7 Å². The van der Waals surface area contributed by atoms with E-state index in [9.17, 15) is 4.79 Å². The van der Waals surface area contributed by atoms with Gasteiger partial charge in [0.1, 0.15) is 5.75 Å². The molecule has 0 saturated carbocycles. The fourth-order valence-electron chi connectivity index (χ4n) is 3.15. The largest absolute Gasteiger partial charge is 0.490 e. The van der Waals surface area contributed by atoms with Gasteiger partial charge < -0.3 is 4.74 Å². The Morgan fingerprint density at radius 1 is 1.10 bits per heavy atom. The van der Waals surface area contributed by atoms with Gasteiger partial charge in [0.15, 0.2) is 5.82 Å². The molecule has 1 aromatic heterocycles. The summed E-state index contributed by atoms with van der Waals surface area (Å²) < 4.78 is 7.33. The topological polar surface area (TPSA) is 56.5 Å². The smallest absolute Gasteiger partial charge is 0.282 e. The average molecular weight is 432 g/mol. The van der Waals surface area contributed by atoms with E-state index in [-0.39, 0.29) is 11.7 Å². The minimum Gasteiger partial charge on any atom is -0.490 e. The molecule has 0 saturated heterocycles. The summed E-state index contributed by atoms with van der Waals surface area (Å²) in [4.78, 5) is 18.0. The van der Waals surface area contributed by atoms with Crippen LogP contribution in [-0.4, -0.2) is 22.0 Å². The van der Waals surface area contributed by atoms with Crippen molar-refractivity contribution in [3.8, 4) is 17.1 Å². The summed E-state index contributed by atoms with van der Waals surface area (Å²) in [5.41, 5.74) is 1.87. The van der Waals surface area contributed by atoms with Crippen molar-refractivity contribution < 1.29 is 4.74 Å². The van der Waals surface area contributed by atoms with Crippen molar-refractivity contribution in [3.05, 3.63) is 93.7 Å². The Morgan fingerprint density at radius 3 is 2.61 bits per heavy atom. The normalized spacial score (nSPS) is 12.4. The van der Waals surface area contributed by atoms with Crippen molar-refractivity contribution in [2.24, 2.45) is 5.10 Å². The Bertz CT molecular complexity index is 1300. The van der Waals surface area contributed by atoms with E-state index in [1.807, 2.05) is 61.5 Å². The van der Waals surface area contributed by atoms with E-state index in [4.69, 9.17) is 21.3 Å². The number of ether oxygens (including phenoxy) is 1. The number of para-hydroxylation sites is 1. The number of rotatable bonds is 6. The van der Waals surface area contributed by atoms with Crippen molar-refractivity contribution in [1.29, 1.82) is 0 Å². The number of nitrogens with zero attached hydrogens (tertiary/aromatic N) is 3. The number of hydrogen-bond donors (Lipinski definition) is 0. The summed E-state index contributed by atoms with van der Waals surface area (Å²) in [7, 11) is 0. The maximum absolute atomic E-state index is 13.3. The van der Waals surface area contributed by atoms with E-state index in [0.717, 1.165) is 12.0 Å². The Balaban J connectivity index is 1.87. The van der Waals surface area contributed by atoms with E-state index < -0.39 is 0 Å². The highest BCUT2D eigenvalue weighted by Gasteiger charge is 2.13. The van der Waals surface area contributed by atoms with Crippen LogP contribution in [0.4, 0.5) is 0 Å². The van der Waals surface area contributed by atoms with Gasteiger partial charge in [0.05, 0.1) is 23.2 Å². The van der Waals surface area contributed by atoms with E-state index in [0.29, 0.717) is 33.1 Å². The molecule has 4 rings (SSSR count). The number of fused-ring (bicyclic) bond motifs is 1. The lowest BCUT2D eigenvalue weighted by molar-refractivity contribution is 0.217. The third kappa shape index (κ3) is 4.52. The van der Waals surface area contributed by atoms with Crippen molar-refractivity contribution in [2.45, 2.75) is 26.4 Å². The first kappa shape index (κ1) is 20.8. The van der Waals surface area contributed by atoms with Crippen molar-refractivity contribution in [3.63, 3.8) is 0 Å². The second-order valence-corrected chi connectivity index (χ2v) is 7.64. The molecule has 0 unspecified atom stereocenters. The molecule has 31 heavy (non-hydrogen) atoms. The predicted octanol–water partition coefficient (Wildman–Crippen LogP) is 5.78. The van der Waals surface area contributed by atoms with Crippen LogP contribution in [-0.2, 0) is 0 Å². The Kier molecular flexibility index (Phi) is 6.14. The Labute approximate surface area is 185 Å². The Hall–Kier alpha value is -3.44. The molecule has 0 fully saturated rings. The fraction of sp³-hybridized carbons (Fsp3) is 0.160. The van der Waals surface area contributed by atoms with Crippen LogP contribution in [0.2, 0.25) is 5.02 Å². The second kappa shape index (κ2) is 9.14. The molecule has 0 radical (unpaired) electrons. The highest BCUT2D eigenvalue weighted by atomic mass is 35.5. The molecule has 156 valence electrons. The number of benzene rings is 3. The van der Waals surface area contributed by atoms with Crippen molar-refractivity contribution in [1.82, 2.24) is 9.66 Å². The molecule has 0 aliphatic rings. The van der Waals surface area contributed by atoms with E-state index in [1.54, 1.807) is 24.4 Å². The molecule has 0 aliphatic heterocycles. The maximum atomic E-state index is 13.3. The van der Waals surface area contributed by atoms with Crippen LogP contribution >= 0.6 is 11.6 Å².